The number of nitrogens with one attached hydrogen (secondary N) is 2. The molecular formula is C19H17N7O3. The molecule has 3 aromatic heterocycles. The van der Waals surface area contributed by atoms with E-state index < -0.39 is 11.2 Å². The lowest BCUT2D eigenvalue weighted by atomic mass is 10.1. The number of aromatic nitrogens is 6. The van der Waals surface area contributed by atoms with Gasteiger partial charge in [-0.2, -0.15) is 9.61 Å². The molecule has 4 rings (SSSR count). The number of amides is 1. The van der Waals surface area contributed by atoms with Gasteiger partial charge in [-0.05, 0) is 31.2 Å². The molecule has 0 saturated carbocycles. The van der Waals surface area contributed by atoms with Crippen molar-refractivity contribution in [2.75, 3.05) is 5.32 Å². The minimum Gasteiger partial charge on any atom is -0.326 e. The molecule has 2 N–H and O–H groups in total. The Hall–Kier alpha value is -4.08. The molecule has 29 heavy (non-hydrogen) atoms. The van der Waals surface area contributed by atoms with Gasteiger partial charge in [0.1, 0.15) is 0 Å². The van der Waals surface area contributed by atoms with Crippen molar-refractivity contribution in [3.63, 3.8) is 0 Å². The number of aromatic amines is 1. The molecule has 10 nitrogen and oxygen atoms in total. The number of nitrogens with zero attached hydrogens (tertiary/aromatic N) is 5. The van der Waals surface area contributed by atoms with E-state index in [9.17, 15) is 14.4 Å². The van der Waals surface area contributed by atoms with Crippen LogP contribution in [-0.4, -0.2) is 35.3 Å². The predicted octanol–water partition coefficient (Wildman–Crippen LogP) is 0.979. The van der Waals surface area contributed by atoms with Crippen LogP contribution in [0, 0.1) is 6.92 Å². The van der Waals surface area contributed by atoms with Crippen LogP contribution in [0.15, 0.2) is 58.3 Å². The van der Waals surface area contributed by atoms with Crippen LogP contribution in [0.5, 0.6) is 0 Å². The molecule has 0 bridgehead atoms. The molecule has 3 heterocycles. The van der Waals surface area contributed by atoms with Gasteiger partial charge in [0.15, 0.2) is 11.5 Å². The van der Waals surface area contributed by atoms with Crippen molar-refractivity contribution in [2.24, 2.45) is 0 Å². The topological polar surface area (TPSA) is 127 Å². The van der Waals surface area contributed by atoms with Gasteiger partial charge in [0.25, 0.3) is 5.56 Å². The minimum atomic E-state index is -0.543. The number of H-pyrrole nitrogens is 1. The summed E-state index contributed by atoms with van der Waals surface area (Å²) in [6.45, 7) is 1.98. The minimum absolute atomic E-state index is 0.0836. The van der Waals surface area contributed by atoms with E-state index in [2.05, 4.69) is 25.6 Å². The van der Waals surface area contributed by atoms with Crippen molar-refractivity contribution >= 4 is 17.2 Å². The summed E-state index contributed by atoms with van der Waals surface area (Å²) < 4.78 is 2.93. The molecule has 1 amide bonds. The lowest BCUT2D eigenvalue weighted by Crippen LogP contribution is -2.29. The summed E-state index contributed by atoms with van der Waals surface area (Å²) in [5, 5.41) is 15.4. The van der Waals surface area contributed by atoms with Crippen molar-refractivity contribution < 1.29 is 4.79 Å². The molecule has 0 aliphatic carbocycles. The standard InChI is InChI=1S/C19H17N7O3/c1-12-22-23-16-6-5-15(24-26(12)16)13-3-2-4-14(11-13)20-17(27)7-9-25-10-8-18(28)21-19(25)29/h2-6,8,10-11H,7,9H2,1H3,(H,20,27)(H,21,28,29). The van der Waals surface area contributed by atoms with Crippen molar-refractivity contribution in [3.05, 3.63) is 75.3 Å². The molecule has 0 radical (unpaired) electrons. The van der Waals surface area contributed by atoms with Gasteiger partial charge in [-0.25, -0.2) is 4.79 Å². The number of fused-ring (bicyclic) bond motifs is 1. The Morgan fingerprint density at radius 2 is 2.00 bits per heavy atom. The number of carbonyl (C=O) groups is 1. The number of rotatable bonds is 5. The van der Waals surface area contributed by atoms with E-state index in [4.69, 9.17) is 0 Å². The van der Waals surface area contributed by atoms with Gasteiger partial charge in [0.2, 0.25) is 5.91 Å². The zero-order chi connectivity index (χ0) is 20.4. The van der Waals surface area contributed by atoms with Gasteiger partial charge < -0.3 is 9.88 Å². The third-order valence-electron chi connectivity index (χ3n) is 4.34. The first-order chi connectivity index (χ1) is 14.0. The van der Waals surface area contributed by atoms with E-state index in [0.717, 1.165) is 11.3 Å². The smallest absolute Gasteiger partial charge is 0.326 e. The average molecular weight is 391 g/mol. The highest BCUT2D eigenvalue weighted by Crippen LogP contribution is 2.21. The number of anilines is 1. The van der Waals surface area contributed by atoms with Gasteiger partial charge >= 0.3 is 5.69 Å². The fraction of sp³-hybridized carbons (Fsp3) is 0.158. The molecule has 1 aromatic carbocycles. The highest BCUT2D eigenvalue weighted by Gasteiger charge is 2.08. The van der Waals surface area contributed by atoms with Gasteiger partial charge in [-0.3, -0.25) is 14.6 Å². The first-order valence-corrected chi connectivity index (χ1v) is 8.89. The van der Waals surface area contributed by atoms with Crippen LogP contribution in [0.2, 0.25) is 0 Å². The first-order valence-electron chi connectivity index (χ1n) is 8.89. The maximum absolute atomic E-state index is 12.3. The Morgan fingerprint density at radius 1 is 1.14 bits per heavy atom. The molecule has 0 saturated heterocycles. The summed E-state index contributed by atoms with van der Waals surface area (Å²) in [6.07, 6.45) is 1.45. The molecule has 146 valence electrons. The quantitative estimate of drug-likeness (QED) is 0.522. The molecular weight excluding hydrogens is 374 g/mol. The SMILES string of the molecule is Cc1nnc2ccc(-c3cccc(NC(=O)CCn4ccc(=O)[nH]c4=O)c3)nn12. The first kappa shape index (κ1) is 18.3. The molecule has 10 heteroatoms. The largest absolute Gasteiger partial charge is 0.328 e. The van der Waals surface area contributed by atoms with Crippen LogP contribution < -0.4 is 16.6 Å². The van der Waals surface area contributed by atoms with Crippen LogP contribution in [0.1, 0.15) is 12.2 Å². The number of carbonyl (C=O) groups excluding carboxylic acids is 1. The van der Waals surface area contributed by atoms with Gasteiger partial charge in [-0.15, -0.1) is 10.2 Å². The zero-order valence-electron chi connectivity index (χ0n) is 15.5. The summed E-state index contributed by atoms with van der Waals surface area (Å²) in [4.78, 5) is 37.2. The summed E-state index contributed by atoms with van der Waals surface area (Å²) in [6, 6.07) is 12.2. The third-order valence-corrected chi connectivity index (χ3v) is 4.34. The Morgan fingerprint density at radius 3 is 2.83 bits per heavy atom. The Bertz CT molecular complexity index is 1320. The average Bonchev–Trinajstić information content (AvgIpc) is 3.08. The van der Waals surface area contributed by atoms with Crippen molar-refractivity contribution in [2.45, 2.75) is 19.9 Å². The van der Waals surface area contributed by atoms with E-state index >= 15 is 0 Å². The summed E-state index contributed by atoms with van der Waals surface area (Å²) in [7, 11) is 0. The van der Waals surface area contributed by atoms with Crippen LogP contribution >= 0.6 is 0 Å². The van der Waals surface area contributed by atoms with Crippen LogP contribution in [0.25, 0.3) is 16.9 Å². The Balaban J connectivity index is 1.48. The summed E-state index contributed by atoms with van der Waals surface area (Å²) in [5.41, 5.74) is 1.81. The van der Waals surface area contributed by atoms with E-state index in [-0.39, 0.29) is 18.9 Å². The summed E-state index contributed by atoms with van der Waals surface area (Å²) in [5.74, 6) is 0.433. The van der Waals surface area contributed by atoms with Crippen molar-refractivity contribution in [1.82, 2.24) is 29.4 Å². The molecule has 0 aliphatic rings. The lowest BCUT2D eigenvalue weighted by Gasteiger charge is -2.08. The molecule has 0 atom stereocenters. The lowest BCUT2D eigenvalue weighted by molar-refractivity contribution is -0.116. The Kier molecular flexibility index (Phi) is 4.73. The van der Waals surface area contributed by atoms with Gasteiger partial charge in [-0.1, -0.05) is 12.1 Å². The number of hydrogen-bond donors (Lipinski definition) is 2. The molecule has 4 aromatic rings. The van der Waals surface area contributed by atoms with Crippen molar-refractivity contribution in [3.8, 4) is 11.3 Å². The molecule has 0 fully saturated rings. The fourth-order valence-electron chi connectivity index (χ4n) is 2.87. The van der Waals surface area contributed by atoms with Gasteiger partial charge in [0.05, 0.1) is 5.69 Å². The van der Waals surface area contributed by atoms with E-state index in [0.29, 0.717) is 17.2 Å². The van der Waals surface area contributed by atoms with E-state index in [1.165, 1.54) is 16.8 Å². The normalized spacial score (nSPS) is 10.9. The number of benzene rings is 1. The molecule has 0 unspecified atom stereocenters. The van der Waals surface area contributed by atoms with E-state index in [1.807, 2.05) is 37.3 Å². The highest BCUT2D eigenvalue weighted by atomic mass is 16.2. The highest BCUT2D eigenvalue weighted by molar-refractivity contribution is 5.91. The molecule has 0 aliphatic heterocycles. The predicted molar refractivity (Wildman–Crippen MR) is 106 cm³/mol. The van der Waals surface area contributed by atoms with Crippen LogP contribution in [0.3, 0.4) is 0 Å². The van der Waals surface area contributed by atoms with Crippen LogP contribution in [0.4, 0.5) is 5.69 Å². The van der Waals surface area contributed by atoms with Crippen molar-refractivity contribution in [1.29, 1.82) is 0 Å². The van der Waals surface area contributed by atoms with Gasteiger partial charge in [0, 0.05) is 36.5 Å². The number of hydrogen-bond acceptors (Lipinski definition) is 6. The zero-order valence-corrected chi connectivity index (χ0v) is 15.5. The molecule has 0 spiro atoms. The second-order valence-electron chi connectivity index (χ2n) is 6.42. The fourth-order valence-corrected chi connectivity index (χ4v) is 2.87. The second-order valence-corrected chi connectivity index (χ2v) is 6.42. The maximum atomic E-state index is 12.3. The van der Waals surface area contributed by atoms with E-state index in [1.54, 1.807) is 10.6 Å². The maximum Gasteiger partial charge on any atom is 0.328 e. The van der Waals surface area contributed by atoms with Crippen LogP contribution in [-0.2, 0) is 11.3 Å². The monoisotopic (exact) mass is 391 g/mol. The Labute approximate surface area is 163 Å². The third kappa shape index (κ3) is 3.95. The summed E-state index contributed by atoms with van der Waals surface area (Å²) >= 11 is 0. The number of aryl methyl sites for hydroxylation is 2. The second kappa shape index (κ2) is 7.50.